The molecular weight excluding hydrogens is 324 g/mol. The van der Waals surface area contributed by atoms with E-state index < -0.39 is 0 Å². The molecule has 134 valence electrons. The third-order valence-corrected chi connectivity index (χ3v) is 5.03. The lowest BCUT2D eigenvalue weighted by atomic mass is 9.84. The molecule has 3 rings (SSSR count). The molecule has 1 unspecified atom stereocenters. The Kier molecular flexibility index (Phi) is 7.38. The maximum absolute atomic E-state index is 12.4. The second kappa shape index (κ2) is 9.28. The van der Waals surface area contributed by atoms with Gasteiger partial charge >= 0.3 is 0 Å². The highest BCUT2D eigenvalue weighted by Gasteiger charge is 2.24. The number of anilines is 1. The minimum atomic E-state index is 0. The molecule has 2 N–H and O–H groups in total. The fourth-order valence-electron chi connectivity index (χ4n) is 3.26. The Balaban J connectivity index is 0.00000208. The first-order chi connectivity index (χ1) is 11.2. The number of carbonyl (C=O) groups is 1. The van der Waals surface area contributed by atoms with Gasteiger partial charge in [0.05, 0.1) is 12.3 Å². The van der Waals surface area contributed by atoms with Crippen molar-refractivity contribution in [2.24, 2.45) is 17.8 Å². The second-order valence-electron chi connectivity index (χ2n) is 7.07. The normalized spacial score (nSPS) is 19.2. The van der Waals surface area contributed by atoms with Crippen LogP contribution in [0.1, 0.15) is 39.0 Å². The standard InChI is InChI=1S/C19H28N2O2.ClH/c1-14(16-8-10-20-11-9-16)12-19(22)21-17-4-2-3-5-18(17)23-13-15-6-7-15;/h2-5,14-16,20H,6-13H2,1H3,(H,21,22);1H. The highest BCUT2D eigenvalue weighted by molar-refractivity contribution is 5.92. The molecule has 1 amide bonds. The summed E-state index contributed by atoms with van der Waals surface area (Å²) in [5, 5.41) is 6.43. The van der Waals surface area contributed by atoms with Crippen molar-refractivity contribution in [3.05, 3.63) is 24.3 Å². The van der Waals surface area contributed by atoms with Crippen LogP contribution in [0.2, 0.25) is 0 Å². The van der Waals surface area contributed by atoms with E-state index in [4.69, 9.17) is 4.74 Å². The van der Waals surface area contributed by atoms with Gasteiger partial charge in [0.2, 0.25) is 5.91 Å². The fourth-order valence-corrected chi connectivity index (χ4v) is 3.26. The van der Waals surface area contributed by atoms with E-state index in [9.17, 15) is 4.79 Å². The number of piperidine rings is 1. The van der Waals surface area contributed by atoms with Crippen molar-refractivity contribution in [3.8, 4) is 5.75 Å². The molecule has 1 heterocycles. The topological polar surface area (TPSA) is 50.4 Å². The molecule has 0 spiro atoms. The predicted octanol–water partition coefficient (Wildman–Crippen LogP) is 3.86. The summed E-state index contributed by atoms with van der Waals surface area (Å²) in [6.45, 7) is 5.12. The van der Waals surface area contributed by atoms with Crippen LogP contribution in [0, 0.1) is 17.8 Å². The first kappa shape index (κ1) is 19.1. The summed E-state index contributed by atoms with van der Waals surface area (Å²) in [4.78, 5) is 12.4. The molecule has 1 atom stereocenters. The third kappa shape index (κ3) is 5.67. The molecule has 0 radical (unpaired) electrons. The molecule has 1 aliphatic heterocycles. The number of benzene rings is 1. The minimum Gasteiger partial charge on any atom is -0.491 e. The predicted molar refractivity (Wildman–Crippen MR) is 99.9 cm³/mol. The average molecular weight is 353 g/mol. The monoisotopic (exact) mass is 352 g/mol. The number of nitrogens with one attached hydrogen (secondary N) is 2. The third-order valence-electron chi connectivity index (χ3n) is 5.03. The number of ether oxygens (including phenoxy) is 1. The molecule has 2 fully saturated rings. The summed E-state index contributed by atoms with van der Waals surface area (Å²) in [5.74, 6) is 2.68. The summed E-state index contributed by atoms with van der Waals surface area (Å²) < 4.78 is 5.86. The number of halogens is 1. The molecule has 0 aromatic heterocycles. The van der Waals surface area contributed by atoms with Gasteiger partial charge in [-0.15, -0.1) is 12.4 Å². The summed E-state index contributed by atoms with van der Waals surface area (Å²) in [7, 11) is 0. The van der Waals surface area contributed by atoms with Crippen molar-refractivity contribution < 1.29 is 9.53 Å². The van der Waals surface area contributed by atoms with Gasteiger partial charge in [0.25, 0.3) is 0 Å². The Morgan fingerprint density at radius 3 is 2.67 bits per heavy atom. The van der Waals surface area contributed by atoms with Crippen LogP contribution in [0.5, 0.6) is 5.75 Å². The van der Waals surface area contributed by atoms with Crippen molar-refractivity contribution in [2.75, 3.05) is 25.0 Å². The average Bonchev–Trinajstić information content (AvgIpc) is 3.39. The molecule has 0 bridgehead atoms. The van der Waals surface area contributed by atoms with Crippen molar-refractivity contribution in [2.45, 2.75) is 39.0 Å². The number of carbonyl (C=O) groups excluding carboxylic acids is 1. The summed E-state index contributed by atoms with van der Waals surface area (Å²) in [6, 6.07) is 7.76. The smallest absolute Gasteiger partial charge is 0.224 e. The van der Waals surface area contributed by atoms with Crippen molar-refractivity contribution in [3.63, 3.8) is 0 Å². The zero-order valence-corrected chi connectivity index (χ0v) is 15.2. The van der Waals surface area contributed by atoms with Gasteiger partial charge in [-0.25, -0.2) is 0 Å². The Morgan fingerprint density at radius 2 is 1.96 bits per heavy atom. The maximum atomic E-state index is 12.4. The van der Waals surface area contributed by atoms with Crippen LogP contribution >= 0.6 is 12.4 Å². The Hall–Kier alpha value is -1.26. The molecule has 1 saturated heterocycles. The Bertz CT molecular complexity index is 528. The first-order valence-corrected chi connectivity index (χ1v) is 8.95. The van der Waals surface area contributed by atoms with Gasteiger partial charge in [-0.2, -0.15) is 0 Å². The minimum absolute atomic E-state index is 0. The summed E-state index contributed by atoms with van der Waals surface area (Å²) in [6.07, 6.45) is 5.47. The van der Waals surface area contributed by atoms with Gasteiger partial charge in [0.15, 0.2) is 0 Å². The van der Waals surface area contributed by atoms with Gasteiger partial charge in [0, 0.05) is 6.42 Å². The van der Waals surface area contributed by atoms with Crippen LogP contribution in [0.15, 0.2) is 24.3 Å². The van der Waals surface area contributed by atoms with Crippen LogP contribution in [-0.2, 0) is 4.79 Å². The Labute approximate surface area is 151 Å². The van der Waals surface area contributed by atoms with E-state index in [-0.39, 0.29) is 18.3 Å². The highest BCUT2D eigenvalue weighted by Crippen LogP contribution is 2.32. The van der Waals surface area contributed by atoms with Crippen LogP contribution < -0.4 is 15.4 Å². The number of para-hydroxylation sites is 2. The molecule has 1 aliphatic carbocycles. The lowest BCUT2D eigenvalue weighted by Gasteiger charge is -2.28. The molecule has 24 heavy (non-hydrogen) atoms. The molecule has 1 aromatic rings. The zero-order valence-electron chi connectivity index (χ0n) is 14.4. The molecule has 4 nitrogen and oxygen atoms in total. The van der Waals surface area contributed by atoms with Crippen molar-refractivity contribution in [1.29, 1.82) is 0 Å². The van der Waals surface area contributed by atoms with Gasteiger partial charge < -0.3 is 15.4 Å². The van der Waals surface area contributed by atoms with E-state index in [2.05, 4.69) is 17.6 Å². The van der Waals surface area contributed by atoms with E-state index >= 15 is 0 Å². The van der Waals surface area contributed by atoms with Crippen molar-refractivity contribution in [1.82, 2.24) is 5.32 Å². The number of amides is 1. The molecule has 5 heteroatoms. The first-order valence-electron chi connectivity index (χ1n) is 8.95. The van der Waals surface area contributed by atoms with E-state index in [0.717, 1.165) is 31.1 Å². The fraction of sp³-hybridized carbons (Fsp3) is 0.632. The SMILES string of the molecule is CC(CC(=O)Nc1ccccc1OCC1CC1)C1CCNCC1.Cl. The van der Waals surface area contributed by atoms with Gasteiger partial charge in [-0.05, 0) is 68.7 Å². The van der Waals surface area contributed by atoms with Crippen LogP contribution in [0.4, 0.5) is 5.69 Å². The van der Waals surface area contributed by atoms with E-state index in [1.54, 1.807) is 0 Å². The number of rotatable bonds is 7. The lowest BCUT2D eigenvalue weighted by Crippen LogP contribution is -2.32. The van der Waals surface area contributed by atoms with Gasteiger partial charge in [-0.1, -0.05) is 19.1 Å². The quantitative estimate of drug-likeness (QED) is 0.783. The molecular formula is C19H29ClN2O2. The van der Waals surface area contributed by atoms with Crippen LogP contribution in [0.3, 0.4) is 0 Å². The largest absolute Gasteiger partial charge is 0.491 e. The van der Waals surface area contributed by atoms with Gasteiger partial charge in [-0.3, -0.25) is 4.79 Å². The highest BCUT2D eigenvalue weighted by atomic mass is 35.5. The van der Waals surface area contributed by atoms with Crippen molar-refractivity contribution >= 4 is 24.0 Å². The van der Waals surface area contributed by atoms with E-state index in [1.807, 2.05) is 24.3 Å². The maximum Gasteiger partial charge on any atom is 0.224 e. The lowest BCUT2D eigenvalue weighted by molar-refractivity contribution is -0.117. The van der Waals surface area contributed by atoms with E-state index in [1.165, 1.54) is 25.7 Å². The number of hydrogen-bond acceptors (Lipinski definition) is 3. The second-order valence-corrected chi connectivity index (χ2v) is 7.07. The molecule has 1 aromatic carbocycles. The zero-order chi connectivity index (χ0) is 16.1. The number of hydrogen-bond donors (Lipinski definition) is 2. The molecule has 1 saturated carbocycles. The summed E-state index contributed by atoms with van der Waals surface area (Å²) >= 11 is 0. The van der Waals surface area contributed by atoms with Gasteiger partial charge in [0.1, 0.15) is 5.75 Å². The van der Waals surface area contributed by atoms with Crippen LogP contribution in [-0.4, -0.2) is 25.6 Å². The van der Waals surface area contributed by atoms with E-state index in [0.29, 0.717) is 24.2 Å². The van der Waals surface area contributed by atoms with Crippen LogP contribution in [0.25, 0.3) is 0 Å². The summed E-state index contributed by atoms with van der Waals surface area (Å²) in [5.41, 5.74) is 0.802. The molecule has 2 aliphatic rings. The Morgan fingerprint density at radius 1 is 1.25 bits per heavy atom.